The molecule has 0 aliphatic carbocycles. The smallest absolute Gasteiger partial charge is 0.313 e. The van der Waals surface area contributed by atoms with Crippen LogP contribution in [0.2, 0.25) is 5.02 Å². The maximum absolute atomic E-state index is 13.2. The molecule has 0 spiro atoms. The molecule has 28 heavy (non-hydrogen) atoms. The number of fused-ring (bicyclic) bond motifs is 1. The predicted octanol–water partition coefficient (Wildman–Crippen LogP) is 5.39. The van der Waals surface area contributed by atoms with Crippen LogP contribution in [0.4, 0.5) is 10.5 Å². The van der Waals surface area contributed by atoms with Crippen LogP contribution in [-0.4, -0.2) is 17.5 Å². The van der Waals surface area contributed by atoms with E-state index in [4.69, 9.17) is 16.9 Å². The van der Waals surface area contributed by atoms with Gasteiger partial charge in [-0.15, -0.1) is 0 Å². The van der Waals surface area contributed by atoms with Crippen molar-refractivity contribution in [3.05, 3.63) is 100 Å². The summed E-state index contributed by atoms with van der Waals surface area (Å²) in [6.07, 6.45) is 0.781. The highest BCUT2D eigenvalue weighted by Crippen LogP contribution is 2.38. The van der Waals surface area contributed by atoms with Crippen LogP contribution in [0.1, 0.15) is 28.3 Å². The molecule has 1 N–H and O–H groups in total. The Labute approximate surface area is 169 Å². The fourth-order valence-electron chi connectivity index (χ4n) is 3.68. The second kappa shape index (κ2) is 7.75. The molecule has 5 heteroatoms. The van der Waals surface area contributed by atoms with Crippen LogP contribution in [0.15, 0.2) is 72.8 Å². The number of hydrogen-bond donors (Lipinski definition) is 1. The number of nitrogens with one attached hydrogen (secondary N) is 1. The zero-order valence-corrected chi connectivity index (χ0v) is 15.9. The summed E-state index contributed by atoms with van der Waals surface area (Å²) >= 11 is 6.50. The fourth-order valence-corrected chi connectivity index (χ4v) is 3.92. The Morgan fingerprint density at radius 3 is 2.57 bits per heavy atom. The summed E-state index contributed by atoms with van der Waals surface area (Å²) in [6.45, 7) is 0.580. The Bertz CT molecular complexity index is 1070. The van der Waals surface area contributed by atoms with Gasteiger partial charge in [0.1, 0.15) is 0 Å². The van der Waals surface area contributed by atoms with Crippen LogP contribution in [0.3, 0.4) is 0 Å². The topological polar surface area (TPSA) is 56.1 Å². The largest absolute Gasteiger partial charge is 0.322 e. The highest BCUT2D eigenvalue weighted by atomic mass is 35.5. The first-order valence-electron chi connectivity index (χ1n) is 9.07. The molecule has 0 saturated carbocycles. The molecular formula is C23H18ClN3O. The van der Waals surface area contributed by atoms with Crippen LogP contribution in [0.25, 0.3) is 0 Å². The summed E-state index contributed by atoms with van der Waals surface area (Å²) in [6, 6.07) is 24.3. The molecule has 1 aliphatic rings. The second-order valence-electron chi connectivity index (χ2n) is 6.69. The average molecular weight is 388 g/mol. The number of nitrogens with zero attached hydrogens (tertiary/aromatic N) is 2. The lowest BCUT2D eigenvalue weighted by Crippen LogP contribution is -2.43. The molecule has 0 saturated heterocycles. The summed E-state index contributed by atoms with van der Waals surface area (Å²) in [5.41, 5.74) is 4.31. The van der Waals surface area contributed by atoms with E-state index in [9.17, 15) is 4.79 Å². The minimum Gasteiger partial charge on any atom is -0.313 e. The van der Waals surface area contributed by atoms with E-state index in [-0.39, 0.29) is 12.1 Å². The number of anilines is 1. The van der Waals surface area contributed by atoms with Crippen molar-refractivity contribution in [2.75, 3.05) is 11.9 Å². The van der Waals surface area contributed by atoms with E-state index >= 15 is 0 Å². The van der Waals surface area contributed by atoms with Crippen LogP contribution < -0.4 is 5.32 Å². The molecule has 1 atom stereocenters. The molecule has 0 bridgehead atoms. The quantitative estimate of drug-likeness (QED) is 0.640. The maximum Gasteiger partial charge on any atom is 0.322 e. The van der Waals surface area contributed by atoms with Gasteiger partial charge in [-0.25, -0.2) is 4.79 Å². The minimum atomic E-state index is -0.266. The number of urea groups is 1. The highest BCUT2D eigenvalue weighted by Gasteiger charge is 2.33. The molecule has 1 heterocycles. The normalized spacial score (nSPS) is 15.4. The molecule has 3 aromatic carbocycles. The third-order valence-electron chi connectivity index (χ3n) is 4.99. The Kier molecular flexibility index (Phi) is 5.01. The van der Waals surface area contributed by atoms with Crippen molar-refractivity contribution in [2.45, 2.75) is 12.5 Å². The van der Waals surface area contributed by atoms with E-state index in [1.165, 1.54) is 5.56 Å². The van der Waals surface area contributed by atoms with Crippen molar-refractivity contribution in [2.24, 2.45) is 0 Å². The van der Waals surface area contributed by atoms with Crippen LogP contribution in [0, 0.1) is 11.3 Å². The number of benzene rings is 3. The van der Waals surface area contributed by atoms with Crippen LogP contribution >= 0.6 is 11.6 Å². The molecule has 0 aromatic heterocycles. The molecule has 0 unspecified atom stereocenters. The number of amides is 2. The van der Waals surface area contributed by atoms with Gasteiger partial charge in [-0.3, -0.25) is 0 Å². The fraction of sp³-hybridized carbons (Fsp3) is 0.130. The van der Waals surface area contributed by atoms with Gasteiger partial charge < -0.3 is 10.2 Å². The first kappa shape index (κ1) is 18.1. The van der Waals surface area contributed by atoms with E-state index in [2.05, 4.69) is 23.5 Å². The molecule has 2 amide bonds. The Balaban J connectivity index is 1.71. The molecule has 138 valence electrons. The van der Waals surface area contributed by atoms with Crippen molar-refractivity contribution in [3.8, 4) is 6.07 Å². The second-order valence-corrected chi connectivity index (χ2v) is 7.10. The number of halogens is 1. The zero-order chi connectivity index (χ0) is 19.5. The number of carbonyl (C=O) groups excluding carboxylic acids is 1. The van der Waals surface area contributed by atoms with E-state index in [0.29, 0.717) is 22.8 Å². The summed E-state index contributed by atoms with van der Waals surface area (Å²) in [5, 5.41) is 12.6. The molecule has 1 aliphatic heterocycles. The zero-order valence-electron chi connectivity index (χ0n) is 15.1. The lowest BCUT2D eigenvalue weighted by molar-refractivity contribution is 0.194. The molecule has 4 nitrogen and oxygen atoms in total. The van der Waals surface area contributed by atoms with Crippen LogP contribution in [0.5, 0.6) is 0 Å². The van der Waals surface area contributed by atoms with E-state index in [1.807, 2.05) is 41.3 Å². The first-order chi connectivity index (χ1) is 13.7. The van der Waals surface area contributed by atoms with Crippen molar-refractivity contribution < 1.29 is 4.79 Å². The number of hydrogen-bond acceptors (Lipinski definition) is 2. The van der Waals surface area contributed by atoms with Gasteiger partial charge >= 0.3 is 6.03 Å². The summed E-state index contributed by atoms with van der Waals surface area (Å²) in [7, 11) is 0. The first-order valence-corrected chi connectivity index (χ1v) is 9.45. The molecule has 4 rings (SSSR count). The maximum atomic E-state index is 13.2. The Hall–Kier alpha value is -3.29. The standard InChI is InChI=1S/C23H18ClN3O/c24-21-11-4-3-10-20(21)22-19-9-2-1-7-17(19)12-13-27(22)23(28)26-18-8-5-6-16(14-18)15-25/h1-11,14,22H,12-13H2,(H,26,28)/t22-/m1/s1. The van der Waals surface area contributed by atoms with Gasteiger partial charge in [0.15, 0.2) is 0 Å². The molecular weight excluding hydrogens is 370 g/mol. The summed E-state index contributed by atoms with van der Waals surface area (Å²) < 4.78 is 0. The number of rotatable bonds is 2. The van der Waals surface area contributed by atoms with Crippen LogP contribution in [-0.2, 0) is 6.42 Å². The van der Waals surface area contributed by atoms with Gasteiger partial charge in [0.2, 0.25) is 0 Å². The monoisotopic (exact) mass is 387 g/mol. The molecule has 0 fully saturated rings. The predicted molar refractivity (Wildman–Crippen MR) is 110 cm³/mol. The summed E-state index contributed by atoms with van der Waals surface area (Å²) in [4.78, 5) is 15.0. The van der Waals surface area contributed by atoms with E-state index < -0.39 is 0 Å². The molecule has 0 radical (unpaired) electrons. The average Bonchev–Trinajstić information content (AvgIpc) is 2.73. The number of carbonyl (C=O) groups is 1. The van der Waals surface area contributed by atoms with Gasteiger partial charge in [0, 0.05) is 17.3 Å². The Morgan fingerprint density at radius 2 is 1.79 bits per heavy atom. The lowest BCUT2D eigenvalue weighted by Gasteiger charge is -2.38. The van der Waals surface area contributed by atoms with Crippen molar-refractivity contribution in [1.82, 2.24) is 4.90 Å². The van der Waals surface area contributed by atoms with Gasteiger partial charge in [0.05, 0.1) is 17.7 Å². The third kappa shape index (κ3) is 3.45. The minimum absolute atomic E-state index is 0.213. The highest BCUT2D eigenvalue weighted by molar-refractivity contribution is 6.31. The lowest BCUT2D eigenvalue weighted by atomic mass is 9.88. The number of nitriles is 1. The van der Waals surface area contributed by atoms with Gasteiger partial charge in [0.25, 0.3) is 0 Å². The van der Waals surface area contributed by atoms with Crippen molar-refractivity contribution in [3.63, 3.8) is 0 Å². The Morgan fingerprint density at radius 1 is 1.04 bits per heavy atom. The van der Waals surface area contributed by atoms with Crippen molar-refractivity contribution >= 4 is 23.3 Å². The van der Waals surface area contributed by atoms with E-state index in [1.54, 1.807) is 24.3 Å². The van der Waals surface area contributed by atoms with Crippen molar-refractivity contribution in [1.29, 1.82) is 5.26 Å². The van der Waals surface area contributed by atoms with Gasteiger partial charge in [-0.2, -0.15) is 5.26 Å². The van der Waals surface area contributed by atoms with Gasteiger partial charge in [-0.05, 0) is 47.4 Å². The van der Waals surface area contributed by atoms with Gasteiger partial charge in [-0.1, -0.05) is 60.1 Å². The molecule has 3 aromatic rings. The summed E-state index contributed by atoms with van der Waals surface area (Å²) in [5.74, 6) is 0. The SMILES string of the molecule is N#Cc1cccc(NC(=O)N2CCc3ccccc3[C@@H]2c2ccccc2Cl)c1. The van der Waals surface area contributed by atoms with E-state index in [0.717, 1.165) is 17.5 Å². The third-order valence-corrected chi connectivity index (χ3v) is 5.33.